The van der Waals surface area contributed by atoms with Gasteiger partial charge in [-0.05, 0) is 45.8 Å². The van der Waals surface area contributed by atoms with Crippen molar-refractivity contribution in [2.24, 2.45) is 0 Å². The minimum Gasteiger partial charge on any atom is -0.425 e. The predicted molar refractivity (Wildman–Crippen MR) is 136 cm³/mol. The van der Waals surface area contributed by atoms with Gasteiger partial charge in [-0.3, -0.25) is 9.59 Å². The van der Waals surface area contributed by atoms with Crippen LogP contribution in [0.1, 0.15) is 0 Å². The molecule has 0 saturated carbocycles. The molecule has 5 nitrogen and oxygen atoms in total. The maximum Gasteiger partial charge on any atom is 0.292 e. The highest BCUT2D eigenvalue weighted by molar-refractivity contribution is 7.14. The van der Waals surface area contributed by atoms with E-state index in [1.807, 2.05) is 65.4 Å². The number of fused-ring (bicyclic) bond motifs is 2. The van der Waals surface area contributed by atoms with Gasteiger partial charge in [-0.25, -0.2) is 0 Å². The fourth-order valence-corrected chi connectivity index (χ4v) is 6.58. The lowest BCUT2D eigenvalue weighted by Gasteiger charge is -2.19. The molecule has 4 aromatic heterocycles. The normalized spacial score (nSPS) is 12.0. The van der Waals surface area contributed by atoms with Gasteiger partial charge in [0.15, 0.2) is 0 Å². The first-order valence-electron chi connectivity index (χ1n) is 10.3. The van der Waals surface area contributed by atoms with Gasteiger partial charge in [0.2, 0.25) is 0 Å². The molecule has 0 bridgehead atoms. The second-order valence-corrected chi connectivity index (χ2v) is 9.85. The van der Waals surface area contributed by atoms with E-state index in [4.69, 9.17) is 0 Å². The number of hydrogen-bond donors (Lipinski definition) is 2. The summed E-state index contributed by atoms with van der Waals surface area (Å²) in [5.74, 6) is 0. The van der Waals surface area contributed by atoms with Crippen molar-refractivity contribution in [3.63, 3.8) is 0 Å². The van der Waals surface area contributed by atoms with Gasteiger partial charge in [0.05, 0.1) is 16.6 Å². The van der Waals surface area contributed by atoms with Crippen LogP contribution in [0.25, 0.3) is 64.2 Å². The van der Waals surface area contributed by atoms with E-state index in [1.165, 1.54) is 22.7 Å². The predicted octanol–water partition coefficient (Wildman–Crippen LogP) is 6.28. The number of hydrogen-bond acceptors (Lipinski definition) is 5. The second-order valence-electron chi connectivity index (χ2n) is 7.95. The monoisotopic (exact) mass is 466 g/mol. The van der Waals surface area contributed by atoms with Crippen molar-refractivity contribution in [2.45, 2.75) is 0 Å². The molecule has 33 heavy (non-hydrogen) atoms. The van der Waals surface area contributed by atoms with Crippen LogP contribution in [0.4, 0.5) is 0 Å². The SMILES string of the molecule is O=c1[nH]c2cccc3c4c(-c5cccs5)c(=O)n(O)c5cccc(c(c1-c1cccs1)c23)c45. The summed E-state index contributed by atoms with van der Waals surface area (Å²) in [5.41, 5.74) is 1.60. The van der Waals surface area contributed by atoms with E-state index in [9.17, 15) is 14.8 Å². The molecule has 0 radical (unpaired) electrons. The molecule has 7 rings (SSSR count). The molecule has 3 aromatic carbocycles. The topological polar surface area (TPSA) is 75.1 Å². The molecule has 158 valence electrons. The lowest BCUT2D eigenvalue weighted by Crippen LogP contribution is -2.20. The number of thiophene rings is 2. The zero-order valence-electron chi connectivity index (χ0n) is 17.0. The van der Waals surface area contributed by atoms with Gasteiger partial charge in [-0.2, -0.15) is 0 Å². The fourth-order valence-electron chi connectivity index (χ4n) is 5.04. The van der Waals surface area contributed by atoms with Crippen LogP contribution in [-0.4, -0.2) is 14.9 Å². The number of nitrogens with one attached hydrogen (secondary N) is 1. The summed E-state index contributed by atoms with van der Waals surface area (Å²) >= 11 is 2.97. The molecule has 2 N–H and O–H groups in total. The van der Waals surface area contributed by atoms with Crippen LogP contribution >= 0.6 is 22.7 Å². The molecule has 0 unspecified atom stereocenters. The molecule has 0 amide bonds. The molecule has 4 heterocycles. The largest absolute Gasteiger partial charge is 0.425 e. The van der Waals surface area contributed by atoms with Crippen LogP contribution in [0.2, 0.25) is 0 Å². The Hall–Kier alpha value is -3.94. The number of aromatic amines is 1. The molecule has 0 aliphatic rings. The number of rotatable bonds is 2. The summed E-state index contributed by atoms with van der Waals surface area (Å²) in [6, 6.07) is 19.0. The Kier molecular flexibility index (Phi) is 3.69. The minimum atomic E-state index is -0.458. The molecular formula is C26H14N2O3S2. The summed E-state index contributed by atoms with van der Waals surface area (Å²) < 4.78 is 0.737. The van der Waals surface area contributed by atoms with Crippen LogP contribution in [-0.2, 0) is 0 Å². The molecule has 0 atom stereocenters. The van der Waals surface area contributed by atoms with Crippen LogP contribution < -0.4 is 11.1 Å². The average molecular weight is 467 g/mol. The van der Waals surface area contributed by atoms with Crippen molar-refractivity contribution >= 4 is 66.0 Å². The first-order chi connectivity index (χ1) is 16.1. The number of nitrogens with zero attached hydrogens (tertiary/aromatic N) is 1. The van der Waals surface area contributed by atoms with Crippen molar-refractivity contribution in [2.75, 3.05) is 0 Å². The first-order valence-corrected chi connectivity index (χ1v) is 12.1. The van der Waals surface area contributed by atoms with E-state index in [0.717, 1.165) is 52.3 Å². The van der Waals surface area contributed by atoms with Crippen molar-refractivity contribution < 1.29 is 5.21 Å². The summed E-state index contributed by atoms with van der Waals surface area (Å²) in [5, 5.41) is 19.8. The van der Waals surface area contributed by atoms with E-state index < -0.39 is 5.56 Å². The first kappa shape index (κ1) is 18.6. The lowest BCUT2D eigenvalue weighted by atomic mass is 9.88. The summed E-state index contributed by atoms with van der Waals surface area (Å²) in [6.07, 6.45) is 0. The van der Waals surface area contributed by atoms with E-state index >= 15 is 0 Å². The third kappa shape index (κ3) is 2.35. The van der Waals surface area contributed by atoms with E-state index in [1.54, 1.807) is 6.07 Å². The average Bonchev–Trinajstić information content (AvgIpc) is 3.54. The molecule has 0 fully saturated rings. The van der Waals surface area contributed by atoms with E-state index in [0.29, 0.717) is 16.6 Å². The van der Waals surface area contributed by atoms with Gasteiger partial charge >= 0.3 is 0 Å². The Balaban J connectivity index is 1.90. The maximum absolute atomic E-state index is 13.4. The van der Waals surface area contributed by atoms with Gasteiger partial charge in [0.1, 0.15) is 0 Å². The van der Waals surface area contributed by atoms with Crippen LogP contribution in [0.3, 0.4) is 0 Å². The molecule has 0 spiro atoms. The highest BCUT2D eigenvalue weighted by Gasteiger charge is 2.24. The second kappa shape index (κ2) is 6.54. The summed E-state index contributed by atoms with van der Waals surface area (Å²) in [4.78, 5) is 31.4. The van der Waals surface area contributed by atoms with Crippen LogP contribution in [0.5, 0.6) is 0 Å². The quantitative estimate of drug-likeness (QED) is 0.179. The van der Waals surface area contributed by atoms with E-state index in [2.05, 4.69) is 4.98 Å². The van der Waals surface area contributed by atoms with Gasteiger partial charge in [-0.15, -0.1) is 27.4 Å². The zero-order chi connectivity index (χ0) is 22.3. The Morgan fingerprint density at radius 3 is 2.03 bits per heavy atom. The minimum absolute atomic E-state index is 0.159. The molecule has 0 aliphatic heterocycles. The van der Waals surface area contributed by atoms with Crippen LogP contribution in [0.15, 0.2) is 81.0 Å². The van der Waals surface area contributed by atoms with Gasteiger partial charge in [0, 0.05) is 36.8 Å². The zero-order valence-corrected chi connectivity index (χ0v) is 18.6. The maximum atomic E-state index is 13.4. The molecule has 0 saturated heterocycles. The highest BCUT2D eigenvalue weighted by Crippen LogP contribution is 2.45. The van der Waals surface area contributed by atoms with Crippen molar-refractivity contribution in [3.05, 3.63) is 92.1 Å². The van der Waals surface area contributed by atoms with Crippen molar-refractivity contribution in [1.29, 1.82) is 0 Å². The molecule has 0 aliphatic carbocycles. The number of aromatic nitrogens is 2. The van der Waals surface area contributed by atoms with Gasteiger partial charge < -0.3 is 10.2 Å². The standard InChI is InChI=1S/C26H14N2O3S2/c29-25-23(17-9-3-11-32-17)21-14-6-2-8-16-20(14)22(13-5-1-7-15(27-25)19(13)21)24(26(30)28(16)31)18-10-4-12-33-18/h1-12,31H,(H,27,29). The third-order valence-electron chi connectivity index (χ3n) is 6.29. The Morgan fingerprint density at radius 2 is 1.33 bits per heavy atom. The third-order valence-corrected chi connectivity index (χ3v) is 8.07. The summed E-state index contributed by atoms with van der Waals surface area (Å²) in [6.45, 7) is 0. The lowest BCUT2D eigenvalue weighted by molar-refractivity contribution is 0.189. The Morgan fingerprint density at radius 1 is 0.697 bits per heavy atom. The highest BCUT2D eigenvalue weighted by atomic mass is 32.1. The summed E-state index contributed by atoms with van der Waals surface area (Å²) in [7, 11) is 0. The van der Waals surface area contributed by atoms with E-state index in [-0.39, 0.29) is 5.56 Å². The number of pyridine rings is 2. The van der Waals surface area contributed by atoms with Crippen molar-refractivity contribution in [3.8, 4) is 20.9 Å². The molecule has 7 aromatic rings. The fraction of sp³-hybridized carbons (Fsp3) is 0. The Bertz CT molecular complexity index is 1960. The van der Waals surface area contributed by atoms with Crippen LogP contribution in [0, 0.1) is 0 Å². The molecule has 7 heteroatoms. The number of benzene rings is 3. The van der Waals surface area contributed by atoms with Gasteiger partial charge in [-0.1, -0.05) is 36.4 Å². The smallest absolute Gasteiger partial charge is 0.292 e. The molecular weight excluding hydrogens is 452 g/mol. The number of H-pyrrole nitrogens is 1. The van der Waals surface area contributed by atoms with Crippen molar-refractivity contribution in [1.82, 2.24) is 9.71 Å². The van der Waals surface area contributed by atoms with Gasteiger partial charge in [0.25, 0.3) is 11.1 Å². The Labute approximate surface area is 193 Å².